The standard InChI is InChI=1S/C54H60NO12P/c1-58-46-28-24-44(25-29-46)36-61-51-49(60-34-40-16-7-3-8-17-40)48(56)50(52(62-35-41-18-9-4-10-19-41)53(51)63-37-45-26-30-47(59-2)31-27-45)67-68(66-39-43-22-13-6-14-23-43)65-33-15-32-55-54(57)64-38-42-20-11-5-12-21-42/h3-14,16-31,48-53,56H,15,32-39H2,1-2H3,(H,55,57)/t48-,49-,50-,51+,52-,53-,68?/m0/s1. The summed E-state index contributed by atoms with van der Waals surface area (Å²) < 4.78 is 63.2. The molecule has 68 heavy (non-hydrogen) atoms. The predicted octanol–water partition coefficient (Wildman–Crippen LogP) is 9.88. The zero-order valence-corrected chi connectivity index (χ0v) is 39.3. The quantitative estimate of drug-likeness (QED) is 0.0395. The Morgan fingerprint density at radius 3 is 1.31 bits per heavy atom. The Hall–Kier alpha value is -5.70. The highest BCUT2D eigenvalue weighted by molar-refractivity contribution is 7.41. The van der Waals surface area contributed by atoms with E-state index >= 15 is 0 Å². The monoisotopic (exact) mass is 945 g/mol. The molecular formula is C54H60NO12P. The molecule has 0 heterocycles. The van der Waals surface area contributed by atoms with Crippen LogP contribution in [0.25, 0.3) is 0 Å². The summed E-state index contributed by atoms with van der Waals surface area (Å²) in [4.78, 5) is 12.5. The van der Waals surface area contributed by atoms with Crippen LogP contribution in [0.5, 0.6) is 11.5 Å². The molecule has 0 aromatic heterocycles. The van der Waals surface area contributed by atoms with Crippen molar-refractivity contribution in [3.63, 3.8) is 0 Å². The summed E-state index contributed by atoms with van der Waals surface area (Å²) >= 11 is 0. The van der Waals surface area contributed by atoms with Crippen LogP contribution < -0.4 is 14.8 Å². The molecule has 358 valence electrons. The molecule has 0 saturated heterocycles. The zero-order chi connectivity index (χ0) is 47.2. The lowest BCUT2D eigenvalue weighted by atomic mass is 9.84. The molecule has 7 atom stereocenters. The van der Waals surface area contributed by atoms with Crippen LogP contribution in [0.3, 0.4) is 0 Å². The average molecular weight is 946 g/mol. The van der Waals surface area contributed by atoms with Crippen LogP contribution >= 0.6 is 8.60 Å². The largest absolute Gasteiger partial charge is 0.497 e. The van der Waals surface area contributed by atoms with Crippen molar-refractivity contribution < 1.29 is 56.6 Å². The minimum atomic E-state index is -2.17. The Morgan fingerprint density at radius 2 is 0.853 bits per heavy atom. The number of aliphatic hydroxyl groups excluding tert-OH is 1. The van der Waals surface area contributed by atoms with Gasteiger partial charge in [0.25, 0.3) is 0 Å². The van der Waals surface area contributed by atoms with E-state index < -0.39 is 51.3 Å². The number of alkyl carbamates (subject to hydrolysis) is 1. The van der Waals surface area contributed by atoms with E-state index in [1.165, 1.54) is 0 Å². The van der Waals surface area contributed by atoms with Gasteiger partial charge in [-0.2, -0.15) is 0 Å². The van der Waals surface area contributed by atoms with Crippen LogP contribution in [-0.2, 0) is 76.9 Å². The van der Waals surface area contributed by atoms with E-state index in [4.69, 9.17) is 46.7 Å². The molecule has 0 radical (unpaired) electrons. The number of carbonyl (C=O) groups excluding carboxylic acids is 1. The molecule has 0 bridgehead atoms. The van der Waals surface area contributed by atoms with Crippen molar-refractivity contribution in [2.45, 2.75) is 82.7 Å². The van der Waals surface area contributed by atoms with Crippen molar-refractivity contribution in [3.05, 3.63) is 203 Å². The molecule has 13 nitrogen and oxygen atoms in total. The molecule has 1 saturated carbocycles. The molecule has 1 unspecified atom stereocenters. The fourth-order valence-electron chi connectivity index (χ4n) is 7.46. The Balaban J connectivity index is 1.17. The second-order valence-electron chi connectivity index (χ2n) is 16.0. The maximum Gasteiger partial charge on any atom is 0.407 e. The van der Waals surface area contributed by atoms with Gasteiger partial charge >= 0.3 is 14.7 Å². The predicted molar refractivity (Wildman–Crippen MR) is 257 cm³/mol. The number of rotatable bonds is 26. The number of amides is 1. The summed E-state index contributed by atoms with van der Waals surface area (Å²) in [5, 5.41) is 15.5. The van der Waals surface area contributed by atoms with Gasteiger partial charge in [0, 0.05) is 6.54 Å². The van der Waals surface area contributed by atoms with Crippen molar-refractivity contribution in [1.29, 1.82) is 0 Å². The summed E-state index contributed by atoms with van der Waals surface area (Å²) in [7, 11) is 1.07. The number of aliphatic hydroxyl groups is 1. The van der Waals surface area contributed by atoms with Gasteiger partial charge in [0.05, 0.1) is 53.9 Å². The van der Waals surface area contributed by atoms with Crippen LogP contribution in [0.1, 0.15) is 39.8 Å². The fourth-order valence-corrected chi connectivity index (χ4v) is 8.63. The Kier molecular flexibility index (Phi) is 20.2. The lowest BCUT2D eigenvalue weighted by Gasteiger charge is -2.48. The van der Waals surface area contributed by atoms with E-state index in [2.05, 4.69) is 5.32 Å². The topological polar surface area (TPSA) is 142 Å². The molecule has 1 amide bonds. The summed E-state index contributed by atoms with van der Waals surface area (Å²) in [6, 6.07) is 53.8. The van der Waals surface area contributed by atoms with Crippen LogP contribution in [-0.4, -0.2) is 75.2 Å². The van der Waals surface area contributed by atoms with Crippen molar-refractivity contribution >= 4 is 14.7 Å². The van der Waals surface area contributed by atoms with Crippen molar-refractivity contribution in [2.24, 2.45) is 0 Å². The number of benzene rings is 6. The van der Waals surface area contributed by atoms with Crippen LogP contribution in [0.15, 0.2) is 170 Å². The van der Waals surface area contributed by atoms with Crippen LogP contribution in [0.4, 0.5) is 4.79 Å². The number of hydrogen-bond acceptors (Lipinski definition) is 12. The van der Waals surface area contributed by atoms with E-state index in [9.17, 15) is 9.90 Å². The Bertz CT molecular complexity index is 2310. The first kappa shape index (κ1) is 50.2. The smallest absolute Gasteiger partial charge is 0.407 e. The summed E-state index contributed by atoms with van der Waals surface area (Å²) in [6.07, 6.45) is -6.27. The van der Waals surface area contributed by atoms with Crippen molar-refractivity contribution in [1.82, 2.24) is 5.32 Å². The number of methoxy groups -OCH3 is 2. The van der Waals surface area contributed by atoms with Gasteiger partial charge in [-0.25, -0.2) is 4.79 Å². The number of hydrogen-bond donors (Lipinski definition) is 2. The highest BCUT2D eigenvalue weighted by Crippen LogP contribution is 2.46. The molecule has 7 rings (SSSR count). The lowest BCUT2D eigenvalue weighted by Crippen LogP contribution is -2.66. The molecule has 6 aromatic carbocycles. The molecule has 1 aliphatic carbocycles. The molecule has 1 fully saturated rings. The van der Waals surface area contributed by atoms with Gasteiger partial charge in [-0.05, 0) is 64.1 Å². The summed E-state index contributed by atoms with van der Waals surface area (Å²) in [5.74, 6) is 1.43. The Morgan fingerprint density at radius 1 is 0.471 bits per heavy atom. The molecule has 6 aromatic rings. The molecule has 14 heteroatoms. The third-order valence-corrected chi connectivity index (χ3v) is 12.3. The summed E-state index contributed by atoms with van der Waals surface area (Å²) in [6.45, 7) is 1.38. The lowest BCUT2D eigenvalue weighted by molar-refractivity contribution is -0.270. The van der Waals surface area contributed by atoms with E-state index in [0.717, 1.165) is 33.4 Å². The minimum Gasteiger partial charge on any atom is -0.497 e. The first-order valence-electron chi connectivity index (χ1n) is 22.6. The normalized spacial score (nSPS) is 19.5. The van der Waals surface area contributed by atoms with Gasteiger partial charge in [0.15, 0.2) is 0 Å². The molecule has 2 N–H and O–H groups in total. The van der Waals surface area contributed by atoms with E-state index in [0.29, 0.717) is 17.9 Å². The molecule has 0 spiro atoms. The summed E-state index contributed by atoms with van der Waals surface area (Å²) in [5.41, 5.74) is 5.34. The highest BCUT2D eigenvalue weighted by Gasteiger charge is 2.55. The Labute approximate surface area is 400 Å². The number of ether oxygens (including phenoxy) is 7. The fraction of sp³-hybridized carbons (Fsp3) is 0.315. The minimum absolute atomic E-state index is 0.150. The third kappa shape index (κ3) is 15.7. The maximum absolute atomic E-state index is 12.8. The number of carbonyl (C=O) groups is 1. The van der Waals surface area contributed by atoms with Crippen LogP contribution in [0.2, 0.25) is 0 Å². The second-order valence-corrected chi connectivity index (χ2v) is 17.2. The first-order valence-corrected chi connectivity index (χ1v) is 23.7. The van der Waals surface area contributed by atoms with Gasteiger partial charge in [-0.15, -0.1) is 0 Å². The van der Waals surface area contributed by atoms with Gasteiger partial charge in [0.1, 0.15) is 54.7 Å². The van der Waals surface area contributed by atoms with Crippen molar-refractivity contribution in [2.75, 3.05) is 27.4 Å². The van der Waals surface area contributed by atoms with Gasteiger partial charge < -0.3 is 57.2 Å². The van der Waals surface area contributed by atoms with Crippen LogP contribution in [0, 0.1) is 0 Å². The average Bonchev–Trinajstić information content (AvgIpc) is 3.39. The molecule has 0 aliphatic heterocycles. The van der Waals surface area contributed by atoms with Gasteiger partial charge in [0.2, 0.25) is 0 Å². The first-order chi connectivity index (χ1) is 33.4. The van der Waals surface area contributed by atoms with Gasteiger partial charge in [-0.1, -0.05) is 146 Å². The SMILES string of the molecule is COc1ccc(CO[C@@H]2[C@@H](OCc3ccccc3)[C@@H](OP(OCCCNC(=O)OCc3ccccc3)OCc3ccccc3)[C@@H](O)[C@H](OCc3ccccc3)[C@H]2OCc2ccc(OC)cc2)cc1. The van der Waals surface area contributed by atoms with E-state index in [1.54, 1.807) is 14.2 Å². The second kappa shape index (κ2) is 27.3. The van der Waals surface area contributed by atoms with Gasteiger partial charge in [-0.3, -0.25) is 0 Å². The molecular weight excluding hydrogens is 886 g/mol. The number of nitrogens with one attached hydrogen (secondary N) is 1. The van der Waals surface area contributed by atoms with Crippen molar-refractivity contribution in [3.8, 4) is 11.5 Å². The molecule has 1 aliphatic rings. The third-order valence-electron chi connectivity index (χ3n) is 11.1. The van der Waals surface area contributed by atoms with E-state index in [1.807, 2.05) is 170 Å². The maximum atomic E-state index is 12.8. The zero-order valence-electron chi connectivity index (χ0n) is 38.4. The highest BCUT2D eigenvalue weighted by atomic mass is 31.2. The van der Waals surface area contributed by atoms with E-state index in [-0.39, 0.29) is 52.8 Å².